The summed E-state index contributed by atoms with van der Waals surface area (Å²) in [5, 5.41) is 0. The number of benzene rings is 1. The van der Waals surface area contributed by atoms with E-state index < -0.39 is 0 Å². The van der Waals surface area contributed by atoms with Crippen molar-refractivity contribution >= 4 is 5.78 Å². The minimum atomic E-state index is 0.0847. The normalized spacial score (nSPS) is 10.6. The van der Waals surface area contributed by atoms with Crippen LogP contribution in [-0.2, 0) is 6.42 Å². The zero-order valence-electron chi connectivity index (χ0n) is 9.42. The number of hydrogen-bond donors (Lipinski definition) is 0. The molecule has 1 nitrogen and oxygen atoms in total. The van der Waals surface area contributed by atoms with Crippen molar-refractivity contribution in [3.63, 3.8) is 0 Å². The van der Waals surface area contributed by atoms with E-state index >= 15 is 0 Å². The zero-order chi connectivity index (χ0) is 10.7. The van der Waals surface area contributed by atoms with Crippen LogP contribution in [0.2, 0.25) is 0 Å². The van der Waals surface area contributed by atoms with Crippen molar-refractivity contribution in [3.8, 4) is 0 Å². The Morgan fingerprint density at radius 1 is 1.29 bits per heavy atom. The Bertz CT molecular complexity index is 337. The number of rotatable bonds is 3. The van der Waals surface area contributed by atoms with Crippen LogP contribution in [0.5, 0.6) is 0 Å². The summed E-state index contributed by atoms with van der Waals surface area (Å²) in [6.45, 7) is 8.03. The molecule has 1 heteroatoms. The molecule has 0 aliphatic heterocycles. The fraction of sp³-hybridized carbons (Fsp3) is 0.462. The first-order chi connectivity index (χ1) is 6.54. The van der Waals surface area contributed by atoms with Gasteiger partial charge in [0.15, 0.2) is 5.78 Å². The predicted octanol–water partition coefficient (Wildman–Crippen LogP) is 3.40. The van der Waals surface area contributed by atoms with Crippen molar-refractivity contribution in [1.29, 1.82) is 0 Å². The number of carbonyl (C=O) groups is 1. The number of ketones is 1. The Kier molecular flexibility index (Phi) is 3.45. The highest BCUT2D eigenvalue weighted by molar-refractivity contribution is 5.97. The summed E-state index contributed by atoms with van der Waals surface area (Å²) >= 11 is 0. The average molecular weight is 190 g/mol. The molecule has 0 bridgehead atoms. The number of Topliss-reactive ketones (excluding diaryl/α,β-unsaturated/α-hetero) is 1. The van der Waals surface area contributed by atoms with E-state index in [0.717, 1.165) is 12.0 Å². The molecule has 0 aromatic heterocycles. The summed E-state index contributed by atoms with van der Waals surface area (Å²) in [7, 11) is 0. The third-order valence-corrected chi connectivity index (χ3v) is 2.35. The molecule has 0 saturated carbocycles. The first-order valence-electron chi connectivity index (χ1n) is 5.19. The summed E-state index contributed by atoms with van der Waals surface area (Å²) < 4.78 is 0. The Morgan fingerprint density at radius 3 is 2.43 bits per heavy atom. The molecule has 0 amide bonds. The zero-order valence-corrected chi connectivity index (χ0v) is 9.42. The standard InChI is InChI=1S/C13H18O/c1-5-11-6-10(4)7-12(8-11)13(14)9(2)3/h6-9H,5H2,1-4H3. The SMILES string of the molecule is CCc1cc(C)cc(C(=O)C(C)C)c1. The first-order valence-corrected chi connectivity index (χ1v) is 5.19. The summed E-state index contributed by atoms with van der Waals surface area (Å²) in [5.41, 5.74) is 3.28. The summed E-state index contributed by atoms with van der Waals surface area (Å²) in [5.74, 6) is 0.324. The van der Waals surface area contributed by atoms with Gasteiger partial charge in [-0.25, -0.2) is 0 Å². The predicted molar refractivity (Wildman–Crippen MR) is 59.7 cm³/mol. The molecule has 0 radical (unpaired) electrons. The van der Waals surface area contributed by atoms with Crippen LogP contribution in [0.15, 0.2) is 18.2 Å². The Balaban J connectivity index is 3.09. The highest BCUT2D eigenvalue weighted by Crippen LogP contribution is 2.14. The lowest BCUT2D eigenvalue weighted by Crippen LogP contribution is -2.08. The second-order valence-electron chi connectivity index (χ2n) is 4.08. The minimum Gasteiger partial charge on any atom is -0.294 e. The fourth-order valence-corrected chi connectivity index (χ4v) is 1.54. The van der Waals surface area contributed by atoms with Crippen LogP contribution in [0.3, 0.4) is 0 Å². The van der Waals surface area contributed by atoms with Gasteiger partial charge in [-0.2, -0.15) is 0 Å². The van der Waals surface area contributed by atoms with Crippen molar-refractivity contribution < 1.29 is 4.79 Å². The number of carbonyl (C=O) groups excluding carboxylic acids is 1. The lowest BCUT2D eigenvalue weighted by molar-refractivity contribution is 0.0939. The molecule has 0 fully saturated rings. The highest BCUT2D eigenvalue weighted by atomic mass is 16.1. The van der Waals surface area contributed by atoms with Crippen LogP contribution in [-0.4, -0.2) is 5.78 Å². The van der Waals surface area contributed by atoms with Crippen molar-refractivity contribution in [1.82, 2.24) is 0 Å². The van der Waals surface area contributed by atoms with Gasteiger partial charge in [0.1, 0.15) is 0 Å². The molecule has 0 aliphatic carbocycles. The molecule has 0 atom stereocenters. The smallest absolute Gasteiger partial charge is 0.165 e. The second kappa shape index (κ2) is 4.41. The van der Waals surface area contributed by atoms with E-state index in [0.29, 0.717) is 0 Å². The summed E-state index contributed by atoms with van der Waals surface area (Å²) in [6.07, 6.45) is 0.986. The minimum absolute atomic E-state index is 0.0847. The van der Waals surface area contributed by atoms with E-state index in [2.05, 4.69) is 13.0 Å². The summed E-state index contributed by atoms with van der Waals surface area (Å²) in [6, 6.07) is 6.12. The van der Waals surface area contributed by atoms with Crippen molar-refractivity contribution in [2.45, 2.75) is 34.1 Å². The van der Waals surface area contributed by atoms with Crippen molar-refractivity contribution in [2.24, 2.45) is 5.92 Å². The number of hydrogen-bond acceptors (Lipinski definition) is 1. The van der Waals surface area contributed by atoms with Gasteiger partial charge in [-0.1, -0.05) is 32.4 Å². The van der Waals surface area contributed by atoms with Crippen LogP contribution in [0.4, 0.5) is 0 Å². The van der Waals surface area contributed by atoms with Gasteiger partial charge in [-0.05, 0) is 31.0 Å². The molecule has 0 aliphatic rings. The molecular formula is C13H18O. The summed E-state index contributed by atoms with van der Waals surface area (Å²) in [4.78, 5) is 11.8. The molecule has 14 heavy (non-hydrogen) atoms. The van der Waals surface area contributed by atoms with Gasteiger partial charge in [-0.3, -0.25) is 4.79 Å². The molecule has 0 saturated heterocycles. The highest BCUT2D eigenvalue weighted by Gasteiger charge is 2.10. The van der Waals surface area contributed by atoms with Crippen LogP contribution >= 0.6 is 0 Å². The molecule has 1 rings (SSSR count). The van der Waals surface area contributed by atoms with Gasteiger partial charge in [0, 0.05) is 11.5 Å². The van der Waals surface area contributed by atoms with E-state index in [1.54, 1.807) is 0 Å². The van der Waals surface area contributed by atoms with Gasteiger partial charge in [0.25, 0.3) is 0 Å². The van der Waals surface area contributed by atoms with Gasteiger partial charge in [-0.15, -0.1) is 0 Å². The van der Waals surface area contributed by atoms with Gasteiger partial charge in [0.05, 0.1) is 0 Å². The van der Waals surface area contributed by atoms with Crippen molar-refractivity contribution in [2.75, 3.05) is 0 Å². The molecule has 1 aromatic carbocycles. The lowest BCUT2D eigenvalue weighted by atomic mass is 9.97. The fourth-order valence-electron chi connectivity index (χ4n) is 1.54. The topological polar surface area (TPSA) is 17.1 Å². The van der Waals surface area contributed by atoms with E-state index in [4.69, 9.17) is 0 Å². The van der Waals surface area contributed by atoms with Gasteiger partial charge < -0.3 is 0 Å². The monoisotopic (exact) mass is 190 g/mol. The van der Waals surface area contributed by atoms with E-state index in [1.165, 1.54) is 11.1 Å². The molecule has 0 N–H and O–H groups in total. The van der Waals surface area contributed by atoms with E-state index in [1.807, 2.05) is 32.9 Å². The van der Waals surface area contributed by atoms with Crippen LogP contribution in [0, 0.1) is 12.8 Å². The number of aryl methyl sites for hydroxylation is 2. The Morgan fingerprint density at radius 2 is 1.93 bits per heavy atom. The van der Waals surface area contributed by atoms with Gasteiger partial charge in [0.2, 0.25) is 0 Å². The van der Waals surface area contributed by atoms with Crippen LogP contribution in [0.1, 0.15) is 42.3 Å². The maximum atomic E-state index is 11.8. The first kappa shape index (κ1) is 11.0. The third-order valence-electron chi connectivity index (χ3n) is 2.35. The van der Waals surface area contributed by atoms with Crippen molar-refractivity contribution in [3.05, 3.63) is 34.9 Å². The molecular weight excluding hydrogens is 172 g/mol. The lowest BCUT2D eigenvalue weighted by Gasteiger charge is -2.07. The second-order valence-corrected chi connectivity index (χ2v) is 4.08. The molecule has 76 valence electrons. The Hall–Kier alpha value is -1.11. The average Bonchev–Trinajstić information content (AvgIpc) is 2.15. The molecule has 1 aromatic rings. The van der Waals surface area contributed by atoms with E-state index in [-0.39, 0.29) is 11.7 Å². The molecule has 0 spiro atoms. The van der Waals surface area contributed by atoms with Crippen LogP contribution < -0.4 is 0 Å². The maximum absolute atomic E-state index is 11.8. The largest absolute Gasteiger partial charge is 0.294 e. The Labute approximate surface area is 86.1 Å². The quantitative estimate of drug-likeness (QED) is 0.668. The van der Waals surface area contributed by atoms with E-state index in [9.17, 15) is 4.79 Å². The molecule has 0 unspecified atom stereocenters. The van der Waals surface area contributed by atoms with Crippen LogP contribution in [0.25, 0.3) is 0 Å². The third kappa shape index (κ3) is 2.44. The maximum Gasteiger partial charge on any atom is 0.165 e. The van der Waals surface area contributed by atoms with Gasteiger partial charge >= 0.3 is 0 Å². The molecule has 0 heterocycles.